The van der Waals surface area contributed by atoms with Crippen LogP contribution >= 0.6 is 0 Å². The molecule has 0 aliphatic carbocycles. The average molecular weight is 764 g/mol. The molecule has 14 nitrogen and oxygen atoms in total. The number of aromatic nitrogens is 2. The molecule has 0 spiro atoms. The van der Waals surface area contributed by atoms with Crippen LogP contribution in [0, 0.1) is 0 Å². The van der Waals surface area contributed by atoms with E-state index in [1.807, 2.05) is 84.9 Å². The van der Waals surface area contributed by atoms with Crippen LogP contribution in [0.4, 0.5) is 5.82 Å². The minimum atomic E-state index is -1.23. The van der Waals surface area contributed by atoms with E-state index in [4.69, 9.17) is 28.4 Å². The number of anilines is 1. The number of nitrogens with zero attached hydrogens (tertiary/aromatic N) is 2. The number of nitrogens with one attached hydrogen (secondary N) is 1. The number of methoxy groups -OCH3 is 2. The van der Waals surface area contributed by atoms with Crippen LogP contribution in [0.15, 0.2) is 126 Å². The van der Waals surface area contributed by atoms with Crippen LogP contribution in [0.2, 0.25) is 0 Å². The molecule has 0 bridgehead atoms. The molecule has 2 heterocycles. The summed E-state index contributed by atoms with van der Waals surface area (Å²) in [5, 5.41) is 11.7. The van der Waals surface area contributed by atoms with Crippen LogP contribution in [0.1, 0.15) is 42.2 Å². The summed E-state index contributed by atoms with van der Waals surface area (Å²) in [7, 11) is 3.16. The number of aliphatic carboxylic acids is 1. The summed E-state index contributed by atoms with van der Waals surface area (Å²) >= 11 is 0. The van der Waals surface area contributed by atoms with Crippen LogP contribution in [0.3, 0.4) is 0 Å². The van der Waals surface area contributed by atoms with E-state index in [-0.39, 0.29) is 31.9 Å². The Balaban J connectivity index is 1.28. The van der Waals surface area contributed by atoms with Gasteiger partial charge in [-0.05, 0) is 59.2 Å². The van der Waals surface area contributed by atoms with Gasteiger partial charge in [-0.1, -0.05) is 72.8 Å². The van der Waals surface area contributed by atoms with E-state index in [0.29, 0.717) is 17.2 Å². The summed E-state index contributed by atoms with van der Waals surface area (Å²) in [6, 6.07) is 34.7. The summed E-state index contributed by atoms with van der Waals surface area (Å²) in [5.74, 6) is -0.601. The average Bonchev–Trinajstić information content (AvgIpc) is 3.62. The number of amides is 1. The van der Waals surface area contributed by atoms with Crippen LogP contribution < -0.4 is 25.2 Å². The minimum absolute atomic E-state index is 0.00840. The van der Waals surface area contributed by atoms with Crippen molar-refractivity contribution in [2.45, 2.75) is 43.3 Å². The first-order valence-electron chi connectivity index (χ1n) is 17.8. The lowest BCUT2D eigenvalue weighted by molar-refractivity contribution is -0.157. The third-order valence-electron chi connectivity index (χ3n) is 9.16. The van der Waals surface area contributed by atoms with Gasteiger partial charge in [-0.15, -0.1) is 0 Å². The summed E-state index contributed by atoms with van der Waals surface area (Å²) in [6.45, 7) is -0.438. The Hall–Kier alpha value is -6.51. The number of ether oxygens (including phenoxy) is 6. The molecular weight excluding hydrogens is 722 g/mol. The van der Waals surface area contributed by atoms with Gasteiger partial charge in [0.05, 0.1) is 33.7 Å². The van der Waals surface area contributed by atoms with Crippen molar-refractivity contribution in [3.8, 4) is 17.2 Å². The second-order valence-corrected chi connectivity index (χ2v) is 12.8. The monoisotopic (exact) mass is 763 g/mol. The Kier molecular flexibility index (Phi) is 12.7. The van der Waals surface area contributed by atoms with E-state index in [1.165, 1.54) is 16.8 Å². The number of esters is 1. The van der Waals surface area contributed by atoms with Crippen molar-refractivity contribution in [1.82, 2.24) is 9.55 Å². The van der Waals surface area contributed by atoms with E-state index < -0.39 is 54.0 Å². The molecule has 1 saturated heterocycles. The molecule has 290 valence electrons. The van der Waals surface area contributed by atoms with E-state index in [2.05, 4.69) is 10.3 Å². The van der Waals surface area contributed by atoms with Crippen molar-refractivity contribution >= 4 is 23.7 Å². The molecule has 1 aliphatic heterocycles. The SMILES string of the molecule is COc1ccc(C(OC[C@H]2O[C@@H](n3ccc(NC(=O)COc4ccccc4)nc3=O)C[C@@H]2OC(=O)CCC(=O)O)(c2ccccc2)c2ccc(OC)cc2)cc1. The van der Waals surface area contributed by atoms with Gasteiger partial charge in [0.15, 0.2) is 6.61 Å². The van der Waals surface area contributed by atoms with Gasteiger partial charge in [0.2, 0.25) is 0 Å². The molecule has 1 aliphatic rings. The Labute approximate surface area is 322 Å². The van der Waals surface area contributed by atoms with Crippen LogP contribution in [0.5, 0.6) is 17.2 Å². The highest BCUT2D eigenvalue weighted by Crippen LogP contribution is 2.43. The van der Waals surface area contributed by atoms with E-state index in [9.17, 15) is 24.3 Å². The summed E-state index contributed by atoms with van der Waals surface area (Å²) in [5.41, 5.74) is 0.330. The number of carbonyl (C=O) groups is 3. The molecule has 56 heavy (non-hydrogen) atoms. The smallest absolute Gasteiger partial charge is 0.351 e. The molecule has 1 fully saturated rings. The van der Waals surface area contributed by atoms with Crippen LogP contribution in [-0.4, -0.2) is 72.1 Å². The first-order valence-corrected chi connectivity index (χ1v) is 17.8. The molecule has 14 heteroatoms. The Morgan fingerprint density at radius 1 is 0.804 bits per heavy atom. The zero-order valence-electron chi connectivity index (χ0n) is 30.7. The van der Waals surface area contributed by atoms with Gasteiger partial charge < -0.3 is 38.8 Å². The number of carboxylic acid groups (broad SMARTS) is 1. The Morgan fingerprint density at radius 3 is 1.96 bits per heavy atom. The van der Waals surface area contributed by atoms with Gasteiger partial charge in [-0.25, -0.2) is 4.79 Å². The molecule has 3 atom stereocenters. The molecule has 0 unspecified atom stereocenters. The van der Waals surface area contributed by atoms with Crippen LogP contribution in [-0.2, 0) is 34.2 Å². The lowest BCUT2D eigenvalue weighted by Gasteiger charge is -2.37. The van der Waals surface area contributed by atoms with Gasteiger partial charge in [-0.3, -0.25) is 19.0 Å². The number of hydrogen-bond donors (Lipinski definition) is 2. The second kappa shape index (κ2) is 18.2. The quantitative estimate of drug-likeness (QED) is 0.0920. The number of carboxylic acids is 1. The number of carbonyl (C=O) groups excluding carboxylic acids is 2. The number of hydrogen-bond acceptors (Lipinski definition) is 11. The molecule has 0 saturated carbocycles. The van der Waals surface area contributed by atoms with E-state index in [0.717, 1.165) is 16.7 Å². The van der Waals surface area contributed by atoms with Crippen molar-refractivity contribution in [2.75, 3.05) is 32.8 Å². The number of rotatable bonds is 17. The third kappa shape index (κ3) is 9.40. The molecular formula is C42H41N3O11. The fourth-order valence-corrected chi connectivity index (χ4v) is 6.41. The molecule has 1 amide bonds. The first-order chi connectivity index (χ1) is 27.2. The van der Waals surface area contributed by atoms with Gasteiger partial charge in [0.25, 0.3) is 5.91 Å². The van der Waals surface area contributed by atoms with Crippen LogP contribution in [0.25, 0.3) is 0 Å². The van der Waals surface area contributed by atoms with Gasteiger partial charge >= 0.3 is 17.6 Å². The summed E-state index contributed by atoms with van der Waals surface area (Å²) in [4.78, 5) is 54.0. The maximum Gasteiger partial charge on any atom is 0.351 e. The van der Waals surface area contributed by atoms with Gasteiger partial charge in [0, 0.05) is 12.6 Å². The Morgan fingerprint density at radius 2 is 1.39 bits per heavy atom. The van der Waals surface area contributed by atoms with E-state index >= 15 is 0 Å². The van der Waals surface area contributed by atoms with Crippen molar-refractivity contribution < 1.29 is 47.9 Å². The predicted octanol–water partition coefficient (Wildman–Crippen LogP) is 5.35. The third-order valence-corrected chi connectivity index (χ3v) is 9.16. The molecule has 2 N–H and O–H groups in total. The zero-order chi connectivity index (χ0) is 39.5. The Bertz CT molecular complexity index is 2100. The lowest BCUT2D eigenvalue weighted by atomic mass is 9.80. The zero-order valence-corrected chi connectivity index (χ0v) is 30.7. The van der Waals surface area contributed by atoms with Gasteiger partial charge in [0.1, 0.15) is 47.1 Å². The second-order valence-electron chi connectivity index (χ2n) is 12.8. The van der Waals surface area contributed by atoms with E-state index in [1.54, 1.807) is 38.5 Å². The predicted molar refractivity (Wildman–Crippen MR) is 203 cm³/mol. The standard InChI is InChI=1S/C42H41N3O11/c1-51-31-17-13-29(14-18-31)42(28-9-5-3-6-10-28,30-15-19-32(52-2)20-16-30)54-26-35-34(56-40(49)22-21-39(47)48)25-38(55-35)45-24-23-36(44-41(45)50)43-37(46)27-53-33-11-7-4-8-12-33/h3-20,23-24,34-35,38H,21-22,25-27H2,1-2H3,(H,47,48)(H,43,44,46,50)/t34-,35+,38+/m0/s1. The highest BCUT2D eigenvalue weighted by atomic mass is 16.6. The maximum atomic E-state index is 13.3. The highest BCUT2D eigenvalue weighted by Gasteiger charge is 2.44. The number of para-hydroxylation sites is 1. The summed E-state index contributed by atoms with van der Waals surface area (Å²) in [6.07, 6.45) is -2.16. The normalized spacial score (nSPS) is 16.4. The largest absolute Gasteiger partial charge is 0.497 e. The van der Waals surface area contributed by atoms with Crippen molar-refractivity contribution in [3.05, 3.63) is 149 Å². The summed E-state index contributed by atoms with van der Waals surface area (Å²) < 4.78 is 36.8. The molecule has 4 aromatic carbocycles. The molecule has 6 rings (SSSR count). The maximum absolute atomic E-state index is 13.3. The topological polar surface area (TPSA) is 174 Å². The fraction of sp³-hybridized carbons (Fsp3) is 0.262. The fourth-order valence-electron chi connectivity index (χ4n) is 6.41. The molecule has 1 aromatic heterocycles. The minimum Gasteiger partial charge on any atom is -0.497 e. The van der Waals surface area contributed by atoms with Crippen molar-refractivity contribution in [2.24, 2.45) is 0 Å². The first kappa shape index (κ1) is 39.2. The lowest BCUT2D eigenvalue weighted by Crippen LogP contribution is -2.39. The molecule has 0 radical (unpaired) electrons. The van der Waals surface area contributed by atoms with Gasteiger partial charge in [-0.2, -0.15) is 4.98 Å². The van der Waals surface area contributed by atoms with Crippen molar-refractivity contribution in [3.63, 3.8) is 0 Å². The van der Waals surface area contributed by atoms with Crippen molar-refractivity contribution in [1.29, 1.82) is 0 Å². The highest BCUT2D eigenvalue weighted by molar-refractivity contribution is 5.90. The molecule has 5 aromatic rings. The number of benzene rings is 4.